The second-order valence-corrected chi connectivity index (χ2v) is 3.58. The Morgan fingerprint density at radius 3 is 2.59 bits per heavy atom. The molecule has 0 bridgehead atoms. The molecule has 1 heterocycles. The van der Waals surface area contributed by atoms with Crippen molar-refractivity contribution in [3.8, 4) is 0 Å². The van der Waals surface area contributed by atoms with Crippen LogP contribution in [0.5, 0.6) is 0 Å². The van der Waals surface area contributed by atoms with Gasteiger partial charge in [-0.15, -0.1) is 0 Å². The normalized spacial score (nSPS) is 10.1. The Morgan fingerprint density at radius 2 is 2.06 bits per heavy atom. The summed E-state index contributed by atoms with van der Waals surface area (Å²) in [7, 11) is 0. The van der Waals surface area contributed by atoms with E-state index in [0.717, 1.165) is 18.9 Å². The molecule has 0 atom stereocenters. The van der Waals surface area contributed by atoms with E-state index in [9.17, 15) is 4.79 Å². The molecule has 2 N–H and O–H groups in total. The molecular weight excluding hydrogens is 220 g/mol. The van der Waals surface area contributed by atoms with Crippen molar-refractivity contribution >= 4 is 17.6 Å². The van der Waals surface area contributed by atoms with Gasteiger partial charge in [-0.1, -0.05) is 0 Å². The highest BCUT2D eigenvalue weighted by atomic mass is 16.4. The number of carbonyl (C=O) groups is 1. The van der Waals surface area contributed by atoms with E-state index in [0.29, 0.717) is 11.6 Å². The number of aryl methyl sites for hydroxylation is 1. The van der Waals surface area contributed by atoms with Crippen LogP contribution >= 0.6 is 0 Å². The van der Waals surface area contributed by atoms with Crippen molar-refractivity contribution in [3.05, 3.63) is 11.9 Å². The van der Waals surface area contributed by atoms with Gasteiger partial charge in [-0.2, -0.15) is 0 Å². The van der Waals surface area contributed by atoms with Gasteiger partial charge in [-0.3, -0.25) is 4.79 Å². The molecule has 17 heavy (non-hydrogen) atoms. The second-order valence-electron chi connectivity index (χ2n) is 3.58. The van der Waals surface area contributed by atoms with Gasteiger partial charge in [0.05, 0.1) is 0 Å². The highest BCUT2D eigenvalue weighted by Crippen LogP contribution is 2.15. The maximum Gasteiger partial charge on any atom is 0.322 e. The van der Waals surface area contributed by atoms with Crippen molar-refractivity contribution in [1.82, 2.24) is 9.97 Å². The molecule has 94 valence electrons. The number of aliphatic carboxylic acids is 1. The molecule has 6 nitrogen and oxygen atoms in total. The number of hydrogen-bond acceptors (Lipinski definition) is 5. The lowest BCUT2D eigenvalue weighted by molar-refractivity contribution is -0.134. The third-order valence-electron chi connectivity index (χ3n) is 2.33. The van der Waals surface area contributed by atoms with Gasteiger partial charge in [0.15, 0.2) is 0 Å². The Kier molecular flexibility index (Phi) is 4.68. The van der Waals surface area contributed by atoms with Crippen LogP contribution in [0, 0.1) is 6.92 Å². The van der Waals surface area contributed by atoms with Crippen LogP contribution in [-0.4, -0.2) is 40.7 Å². The first kappa shape index (κ1) is 13.2. The fraction of sp³-hybridized carbons (Fsp3) is 0.545. The minimum absolute atomic E-state index is 0.145. The number of aromatic nitrogens is 2. The predicted octanol–water partition coefficient (Wildman–Crippen LogP) is 1.13. The SMILES string of the molecule is CCN(CC)c1cc(NCC(=O)O)nc(C)n1. The number of anilines is 2. The molecule has 0 fully saturated rings. The molecular formula is C11H18N4O2. The Bertz CT molecular complexity index is 391. The van der Waals surface area contributed by atoms with E-state index in [-0.39, 0.29) is 6.54 Å². The number of carboxylic acids is 1. The van der Waals surface area contributed by atoms with Gasteiger partial charge in [0.1, 0.15) is 24.0 Å². The molecule has 0 saturated carbocycles. The first-order valence-electron chi connectivity index (χ1n) is 5.63. The van der Waals surface area contributed by atoms with E-state index in [1.807, 2.05) is 13.8 Å². The summed E-state index contributed by atoms with van der Waals surface area (Å²) in [5.74, 6) is 1.07. The maximum atomic E-state index is 10.5. The minimum Gasteiger partial charge on any atom is -0.480 e. The first-order chi connectivity index (χ1) is 8.06. The molecule has 0 radical (unpaired) electrons. The third-order valence-corrected chi connectivity index (χ3v) is 2.33. The topological polar surface area (TPSA) is 78.4 Å². The van der Waals surface area contributed by atoms with Crippen LogP contribution in [0.2, 0.25) is 0 Å². The van der Waals surface area contributed by atoms with Crippen LogP contribution in [0.4, 0.5) is 11.6 Å². The quantitative estimate of drug-likeness (QED) is 0.773. The average Bonchev–Trinajstić information content (AvgIpc) is 2.27. The summed E-state index contributed by atoms with van der Waals surface area (Å²) in [6.07, 6.45) is 0. The van der Waals surface area contributed by atoms with Gasteiger partial charge in [-0.25, -0.2) is 9.97 Å². The summed E-state index contributed by atoms with van der Waals surface area (Å²) in [6, 6.07) is 1.77. The zero-order chi connectivity index (χ0) is 12.8. The Labute approximate surface area is 101 Å². The van der Waals surface area contributed by atoms with E-state index in [1.54, 1.807) is 13.0 Å². The van der Waals surface area contributed by atoms with Gasteiger partial charge in [0.2, 0.25) is 0 Å². The summed E-state index contributed by atoms with van der Waals surface area (Å²) in [6.45, 7) is 7.44. The molecule has 6 heteroatoms. The fourth-order valence-corrected chi connectivity index (χ4v) is 1.52. The monoisotopic (exact) mass is 238 g/mol. The Hall–Kier alpha value is -1.85. The number of rotatable bonds is 6. The molecule has 0 aliphatic carbocycles. The van der Waals surface area contributed by atoms with Crippen LogP contribution in [0.3, 0.4) is 0 Å². The molecule has 0 aliphatic rings. The van der Waals surface area contributed by atoms with Gasteiger partial charge in [-0.05, 0) is 20.8 Å². The summed E-state index contributed by atoms with van der Waals surface area (Å²) in [5.41, 5.74) is 0. The summed E-state index contributed by atoms with van der Waals surface area (Å²) < 4.78 is 0. The Balaban J connectivity index is 2.89. The summed E-state index contributed by atoms with van der Waals surface area (Å²) in [4.78, 5) is 21.0. The van der Waals surface area contributed by atoms with E-state index < -0.39 is 5.97 Å². The van der Waals surface area contributed by atoms with Gasteiger partial charge < -0.3 is 15.3 Å². The molecule has 0 unspecified atom stereocenters. The molecule has 0 saturated heterocycles. The number of nitrogens with one attached hydrogen (secondary N) is 1. The fourth-order valence-electron chi connectivity index (χ4n) is 1.52. The lowest BCUT2D eigenvalue weighted by atomic mass is 10.4. The third kappa shape index (κ3) is 3.90. The Morgan fingerprint density at radius 1 is 1.41 bits per heavy atom. The molecule has 0 aliphatic heterocycles. The zero-order valence-electron chi connectivity index (χ0n) is 10.4. The first-order valence-corrected chi connectivity index (χ1v) is 5.63. The van der Waals surface area contributed by atoms with Crippen LogP contribution in [0.15, 0.2) is 6.07 Å². The molecule has 1 aromatic rings. The van der Waals surface area contributed by atoms with Crippen molar-refractivity contribution in [2.75, 3.05) is 29.9 Å². The lowest BCUT2D eigenvalue weighted by Gasteiger charge is -2.20. The number of hydrogen-bond donors (Lipinski definition) is 2. The predicted molar refractivity (Wildman–Crippen MR) is 66.5 cm³/mol. The van der Waals surface area contributed by atoms with E-state index in [4.69, 9.17) is 5.11 Å². The molecule has 1 aromatic heterocycles. The van der Waals surface area contributed by atoms with Crippen LogP contribution in [-0.2, 0) is 4.79 Å². The molecule has 0 aromatic carbocycles. The largest absolute Gasteiger partial charge is 0.480 e. The van der Waals surface area contributed by atoms with E-state index >= 15 is 0 Å². The number of carboxylic acid groups (broad SMARTS) is 1. The van der Waals surface area contributed by atoms with Crippen molar-refractivity contribution in [3.63, 3.8) is 0 Å². The maximum absolute atomic E-state index is 10.5. The van der Waals surface area contributed by atoms with Crippen LogP contribution < -0.4 is 10.2 Å². The number of nitrogens with zero attached hydrogens (tertiary/aromatic N) is 3. The van der Waals surface area contributed by atoms with Gasteiger partial charge >= 0.3 is 5.97 Å². The van der Waals surface area contributed by atoms with Crippen molar-refractivity contribution in [2.45, 2.75) is 20.8 Å². The summed E-state index contributed by atoms with van der Waals surface area (Å²) >= 11 is 0. The van der Waals surface area contributed by atoms with Crippen molar-refractivity contribution < 1.29 is 9.90 Å². The van der Waals surface area contributed by atoms with Crippen LogP contribution in [0.25, 0.3) is 0 Å². The highest BCUT2D eigenvalue weighted by molar-refractivity contribution is 5.72. The summed E-state index contributed by atoms with van der Waals surface area (Å²) in [5, 5.41) is 11.3. The van der Waals surface area contributed by atoms with Crippen LogP contribution in [0.1, 0.15) is 19.7 Å². The second kappa shape index (κ2) is 6.03. The zero-order valence-corrected chi connectivity index (χ0v) is 10.4. The smallest absolute Gasteiger partial charge is 0.322 e. The molecule has 1 rings (SSSR count). The van der Waals surface area contributed by atoms with Crippen molar-refractivity contribution in [2.24, 2.45) is 0 Å². The molecule has 0 amide bonds. The lowest BCUT2D eigenvalue weighted by Crippen LogP contribution is -2.24. The van der Waals surface area contributed by atoms with E-state index in [1.165, 1.54) is 0 Å². The highest BCUT2D eigenvalue weighted by Gasteiger charge is 2.07. The standard InChI is InChI=1S/C11H18N4O2/c1-4-15(5-2)10-6-9(12-7-11(16)17)13-8(3)14-10/h6H,4-5,7H2,1-3H3,(H,16,17)(H,12,13,14). The molecule has 0 spiro atoms. The average molecular weight is 238 g/mol. The van der Waals surface area contributed by atoms with Gasteiger partial charge in [0.25, 0.3) is 0 Å². The van der Waals surface area contributed by atoms with E-state index in [2.05, 4.69) is 20.2 Å². The van der Waals surface area contributed by atoms with Gasteiger partial charge in [0, 0.05) is 19.2 Å². The minimum atomic E-state index is -0.911. The van der Waals surface area contributed by atoms with Crippen molar-refractivity contribution in [1.29, 1.82) is 0 Å².